The molecule has 0 aliphatic carbocycles. The summed E-state index contributed by atoms with van der Waals surface area (Å²) in [4.78, 5) is 33.0. The molecule has 0 atom stereocenters. The van der Waals surface area contributed by atoms with Crippen molar-refractivity contribution in [2.75, 3.05) is 7.11 Å². The van der Waals surface area contributed by atoms with Gasteiger partial charge in [-0.3, -0.25) is 4.79 Å². The van der Waals surface area contributed by atoms with Crippen molar-refractivity contribution in [2.45, 2.75) is 24.8 Å². The lowest BCUT2D eigenvalue weighted by Crippen LogP contribution is -2.14. The standard InChI is InChI=1S/C20H18N2O5S/c1-12-8-13(2)22-20(21-12)28-11-16-9-17(23)18(10-26-16)27-19(24)14-4-6-15(25-3)7-5-14/h4-10H,11H2,1-3H3. The third-order valence-electron chi connectivity index (χ3n) is 3.69. The molecule has 7 nitrogen and oxygen atoms in total. The Morgan fingerprint density at radius 1 is 1.11 bits per heavy atom. The maximum atomic E-state index is 12.2. The van der Waals surface area contributed by atoms with Crippen molar-refractivity contribution in [1.29, 1.82) is 0 Å². The van der Waals surface area contributed by atoms with Crippen LogP contribution >= 0.6 is 11.8 Å². The summed E-state index contributed by atoms with van der Waals surface area (Å²) in [6.07, 6.45) is 1.14. The van der Waals surface area contributed by atoms with Crippen molar-refractivity contribution >= 4 is 17.7 Å². The van der Waals surface area contributed by atoms with Gasteiger partial charge in [-0.2, -0.15) is 0 Å². The van der Waals surface area contributed by atoms with Crippen LogP contribution in [0.4, 0.5) is 0 Å². The highest BCUT2D eigenvalue weighted by atomic mass is 32.2. The van der Waals surface area contributed by atoms with Gasteiger partial charge in [0.15, 0.2) is 5.16 Å². The van der Waals surface area contributed by atoms with Gasteiger partial charge in [0.2, 0.25) is 11.2 Å². The molecule has 3 rings (SSSR count). The number of benzene rings is 1. The average Bonchev–Trinajstić information content (AvgIpc) is 2.67. The van der Waals surface area contributed by atoms with Crippen LogP contribution in [0, 0.1) is 13.8 Å². The predicted molar refractivity (Wildman–Crippen MR) is 104 cm³/mol. The molecule has 0 radical (unpaired) electrons. The molecule has 0 saturated heterocycles. The van der Waals surface area contributed by atoms with Crippen molar-refractivity contribution in [3.63, 3.8) is 0 Å². The second-order valence-electron chi connectivity index (χ2n) is 5.91. The first-order valence-corrected chi connectivity index (χ1v) is 9.36. The average molecular weight is 398 g/mol. The van der Waals surface area contributed by atoms with E-state index in [1.807, 2.05) is 19.9 Å². The molecule has 0 amide bonds. The molecule has 0 unspecified atom stereocenters. The number of hydrogen-bond donors (Lipinski definition) is 0. The van der Waals surface area contributed by atoms with E-state index in [-0.39, 0.29) is 5.75 Å². The molecule has 0 fully saturated rings. The summed E-state index contributed by atoms with van der Waals surface area (Å²) in [5.41, 5.74) is 1.60. The van der Waals surface area contributed by atoms with Crippen LogP contribution in [0.25, 0.3) is 0 Å². The topological polar surface area (TPSA) is 91.5 Å². The highest BCUT2D eigenvalue weighted by Crippen LogP contribution is 2.20. The van der Waals surface area contributed by atoms with E-state index in [4.69, 9.17) is 13.9 Å². The van der Waals surface area contributed by atoms with Gasteiger partial charge in [0.05, 0.1) is 18.4 Å². The van der Waals surface area contributed by atoms with Gasteiger partial charge >= 0.3 is 5.97 Å². The van der Waals surface area contributed by atoms with Crippen molar-refractivity contribution < 1.29 is 18.7 Å². The Kier molecular flexibility index (Phi) is 6.10. The van der Waals surface area contributed by atoms with Gasteiger partial charge in [-0.05, 0) is 44.2 Å². The Morgan fingerprint density at radius 3 is 2.39 bits per heavy atom. The Labute approximate surface area is 165 Å². The van der Waals surface area contributed by atoms with Crippen LogP contribution in [0.3, 0.4) is 0 Å². The zero-order chi connectivity index (χ0) is 20.1. The molecule has 144 valence electrons. The van der Waals surface area contributed by atoms with E-state index in [0.717, 1.165) is 17.7 Å². The van der Waals surface area contributed by atoms with Gasteiger partial charge in [0, 0.05) is 17.5 Å². The number of aromatic nitrogens is 2. The van der Waals surface area contributed by atoms with Gasteiger partial charge in [-0.25, -0.2) is 14.8 Å². The Morgan fingerprint density at radius 2 is 1.79 bits per heavy atom. The number of rotatable bonds is 6. The van der Waals surface area contributed by atoms with Crippen molar-refractivity contribution in [2.24, 2.45) is 0 Å². The maximum Gasteiger partial charge on any atom is 0.343 e. The van der Waals surface area contributed by atoms with Crippen LogP contribution < -0.4 is 14.9 Å². The molecule has 0 spiro atoms. The molecule has 1 aromatic carbocycles. The van der Waals surface area contributed by atoms with Gasteiger partial charge in [-0.1, -0.05) is 11.8 Å². The lowest BCUT2D eigenvalue weighted by Gasteiger charge is -2.06. The van der Waals surface area contributed by atoms with E-state index in [2.05, 4.69) is 9.97 Å². The van der Waals surface area contributed by atoms with E-state index in [1.165, 1.54) is 24.9 Å². The van der Waals surface area contributed by atoms with Crippen LogP contribution in [-0.2, 0) is 5.75 Å². The lowest BCUT2D eigenvalue weighted by atomic mass is 10.2. The van der Waals surface area contributed by atoms with Gasteiger partial charge in [0.1, 0.15) is 17.8 Å². The molecule has 8 heteroatoms. The monoisotopic (exact) mass is 398 g/mol. The Balaban J connectivity index is 1.66. The Hall–Kier alpha value is -3.13. The number of aryl methyl sites for hydroxylation is 2. The zero-order valence-electron chi connectivity index (χ0n) is 15.6. The largest absolute Gasteiger partial charge is 0.497 e. The Bertz CT molecular complexity index is 1030. The molecule has 2 aromatic heterocycles. The van der Waals surface area contributed by atoms with Crippen molar-refractivity contribution in [3.8, 4) is 11.5 Å². The number of esters is 1. The molecule has 0 aliphatic heterocycles. The first-order valence-electron chi connectivity index (χ1n) is 8.37. The molecule has 2 heterocycles. The third-order valence-corrected chi connectivity index (χ3v) is 4.56. The number of ether oxygens (including phenoxy) is 2. The maximum absolute atomic E-state index is 12.2. The summed E-state index contributed by atoms with van der Waals surface area (Å²) in [7, 11) is 1.53. The summed E-state index contributed by atoms with van der Waals surface area (Å²) < 4.78 is 15.6. The normalized spacial score (nSPS) is 10.5. The minimum Gasteiger partial charge on any atom is -0.497 e. The molecule has 0 aliphatic rings. The fourth-order valence-electron chi connectivity index (χ4n) is 2.37. The summed E-state index contributed by atoms with van der Waals surface area (Å²) in [5.74, 6) is 0.607. The minimum absolute atomic E-state index is 0.169. The first-order chi connectivity index (χ1) is 13.4. The highest BCUT2D eigenvalue weighted by Gasteiger charge is 2.13. The number of thioether (sulfide) groups is 1. The van der Waals surface area contributed by atoms with E-state index >= 15 is 0 Å². The van der Waals surface area contributed by atoms with Crippen LogP contribution in [0.1, 0.15) is 27.5 Å². The summed E-state index contributed by atoms with van der Waals surface area (Å²) >= 11 is 1.36. The molecule has 0 saturated carbocycles. The number of methoxy groups -OCH3 is 1. The molecular weight excluding hydrogens is 380 g/mol. The summed E-state index contributed by atoms with van der Waals surface area (Å²) in [5, 5.41) is 0.607. The SMILES string of the molecule is COc1ccc(C(=O)Oc2coc(CSc3nc(C)cc(C)n3)cc2=O)cc1. The van der Waals surface area contributed by atoms with Crippen LogP contribution in [0.5, 0.6) is 11.5 Å². The molecule has 3 aromatic rings. The van der Waals surface area contributed by atoms with Crippen molar-refractivity contribution in [1.82, 2.24) is 9.97 Å². The van der Waals surface area contributed by atoms with Crippen LogP contribution in [0.2, 0.25) is 0 Å². The first kappa shape index (κ1) is 19.6. The summed E-state index contributed by atoms with van der Waals surface area (Å²) in [6.45, 7) is 3.79. The molecule has 0 bridgehead atoms. The number of carbonyl (C=O) groups is 1. The zero-order valence-corrected chi connectivity index (χ0v) is 16.4. The van der Waals surface area contributed by atoms with E-state index in [0.29, 0.717) is 28.0 Å². The number of carbonyl (C=O) groups excluding carboxylic acids is 1. The number of nitrogens with zero attached hydrogens (tertiary/aromatic N) is 2. The fourth-order valence-corrected chi connectivity index (χ4v) is 3.21. The number of hydrogen-bond acceptors (Lipinski definition) is 8. The van der Waals surface area contributed by atoms with E-state index in [9.17, 15) is 9.59 Å². The highest BCUT2D eigenvalue weighted by molar-refractivity contribution is 7.98. The summed E-state index contributed by atoms with van der Waals surface area (Å²) in [6, 6.07) is 9.56. The molecule has 28 heavy (non-hydrogen) atoms. The van der Waals surface area contributed by atoms with Gasteiger partial charge in [0.25, 0.3) is 0 Å². The second kappa shape index (κ2) is 8.71. The minimum atomic E-state index is -0.652. The molecule has 0 N–H and O–H groups in total. The quantitative estimate of drug-likeness (QED) is 0.354. The predicted octanol–water partition coefficient (Wildman–Crippen LogP) is 3.57. The third kappa shape index (κ3) is 4.98. The lowest BCUT2D eigenvalue weighted by molar-refractivity contribution is 0.0729. The van der Waals surface area contributed by atoms with Crippen molar-refractivity contribution in [3.05, 3.63) is 75.6 Å². The second-order valence-corrected chi connectivity index (χ2v) is 6.86. The smallest absolute Gasteiger partial charge is 0.343 e. The van der Waals surface area contributed by atoms with E-state index < -0.39 is 11.4 Å². The molecular formula is C20H18N2O5S. The van der Waals surface area contributed by atoms with E-state index in [1.54, 1.807) is 24.3 Å². The van der Waals surface area contributed by atoms with Gasteiger partial charge < -0.3 is 13.9 Å². The van der Waals surface area contributed by atoms with Gasteiger partial charge in [-0.15, -0.1) is 0 Å². The fraction of sp³-hybridized carbons (Fsp3) is 0.200. The van der Waals surface area contributed by atoms with Crippen LogP contribution in [0.15, 0.2) is 57.0 Å². The van der Waals surface area contributed by atoms with Crippen LogP contribution in [-0.4, -0.2) is 23.0 Å².